The standard InChI is InChI=1S/C7H11N3O/c8-11-5-7(2-3-7)6-1-4-9-10-6/h1,4H,2-3,5,8H2,(H,9,10). The molecule has 0 aliphatic heterocycles. The fraction of sp³-hybridized carbons (Fsp3) is 0.571. The molecule has 1 aromatic heterocycles. The topological polar surface area (TPSA) is 63.9 Å². The number of aromatic nitrogens is 2. The lowest BCUT2D eigenvalue weighted by atomic mass is 10.1. The molecule has 1 saturated carbocycles. The van der Waals surface area contributed by atoms with E-state index in [0.29, 0.717) is 6.61 Å². The zero-order valence-corrected chi connectivity index (χ0v) is 6.21. The minimum atomic E-state index is 0.158. The predicted octanol–water partition coefficient (Wildman–Crippen LogP) is 0.332. The number of aromatic amines is 1. The Labute approximate surface area is 64.7 Å². The largest absolute Gasteiger partial charge is 0.304 e. The highest BCUT2D eigenvalue weighted by atomic mass is 16.6. The van der Waals surface area contributed by atoms with E-state index in [0.717, 1.165) is 18.5 Å². The fourth-order valence-electron chi connectivity index (χ4n) is 1.35. The van der Waals surface area contributed by atoms with Crippen LogP contribution >= 0.6 is 0 Å². The molecule has 60 valence electrons. The smallest absolute Gasteiger partial charge is 0.0790 e. The predicted molar refractivity (Wildman–Crippen MR) is 39.6 cm³/mol. The van der Waals surface area contributed by atoms with Gasteiger partial charge in [-0.15, -0.1) is 0 Å². The van der Waals surface area contributed by atoms with Gasteiger partial charge < -0.3 is 4.84 Å². The lowest BCUT2D eigenvalue weighted by Gasteiger charge is -2.09. The zero-order chi connectivity index (χ0) is 7.73. The van der Waals surface area contributed by atoms with Crippen molar-refractivity contribution in [1.82, 2.24) is 10.2 Å². The van der Waals surface area contributed by atoms with Crippen molar-refractivity contribution in [2.24, 2.45) is 5.90 Å². The van der Waals surface area contributed by atoms with E-state index < -0.39 is 0 Å². The number of nitrogens with two attached hydrogens (primary N) is 1. The minimum Gasteiger partial charge on any atom is -0.304 e. The quantitative estimate of drug-likeness (QED) is 0.615. The minimum absolute atomic E-state index is 0.158. The summed E-state index contributed by atoms with van der Waals surface area (Å²) in [5, 5.41) is 6.83. The van der Waals surface area contributed by atoms with Crippen LogP contribution in [-0.2, 0) is 10.3 Å². The maximum atomic E-state index is 5.03. The van der Waals surface area contributed by atoms with Crippen LogP contribution in [0.2, 0.25) is 0 Å². The van der Waals surface area contributed by atoms with Crippen LogP contribution in [0, 0.1) is 0 Å². The van der Waals surface area contributed by atoms with E-state index in [4.69, 9.17) is 5.90 Å². The Balaban J connectivity index is 2.15. The van der Waals surface area contributed by atoms with E-state index in [1.807, 2.05) is 6.07 Å². The molecule has 0 aromatic carbocycles. The van der Waals surface area contributed by atoms with Crippen LogP contribution in [-0.4, -0.2) is 16.8 Å². The third-order valence-corrected chi connectivity index (χ3v) is 2.29. The molecule has 2 rings (SSSR count). The molecule has 0 bridgehead atoms. The monoisotopic (exact) mass is 153 g/mol. The van der Waals surface area contributed by atoms with Gasteiger partial charge in [-0.1, -0.05) is 0 Å². The molecule has 1 heterocycles. The first kappa shape index (κ1) is 6.82. The summed E-state index contributed by atoms with van der Waals surface area (Å²) < 4.78 is 0. The van der Waals surface area contributed by atoms with E-state index in [-0.39, 0.29) is 5.41 Å². The summed E-state index contributed by atoms with van der Waals surface area (Å²) in [7, 11) is 0. The van der Waals surface area contributed by atoms with E-state index in [9.17, 15) is 0 Å². The Kier molecular flexibility index (Phi) is 1.44. The molecule has 0 amide bonds. The summed E-state index contributed by atoms with van der Waals surface area (Å²) >= 11 is 0. The number of nitrogens with one attached hydrogen (secondary N) is 1. The third kappa shape index (κ3) is 1.04. The van der Waals surface area contributed by atoms with Gasteiger partial charge in [0.05, 0.1) is 6.61 Å². The second kappa shape index (κ2) is 2.32. The Morgan fingerprint density at radius 2 is 2.55 bits per heavy atom. The van der Waals surface area contributed by atoms with Crippen molar-refractivity contribution in [3.8, 4) is 0 Å². The van der Waals surface area contributed by atoms with Crippen molar-refractivity contribution in [2.75, 3.05) is 6.61 Å². The van der Waals surface area contributed by atoms with Crippen LogP contribution in [0.4, 0.5) is 0 Å². The molecule has 0 spiro atoms. The van der Waals surface area contributed by atoms with Crippen LogP contribution in [0.15, 0.2) is 12.3 Å². The van der Waals surface area contributed by atoms with Gasteiger partial charge in [-0.2, -0.15) is 5.10 Å². The average Bonchev–Trinajstić information content (AvgIpc) is 2.63. The van der Waals surface area contributed by atoms with Gasteiger partial charge in [0.1, 0.15) is 0 Å². The third-order valence-electron chi connectivity index (χ3n) is 2.29. The molecule has 0 unspecified atom stereocenters. The van der Waals surface area contributed by atoms with E-state index >= 15 is 0 Å². The number of hydrogen-bond donors (Lipinski definition) is 2. The first-order chi connectivity index (χ1) is 5.37. The van der Waals surface area contributed by atoms with Crippen LogP contribution < -0.4 is 5.90 Å². The van der Waals surface area contributed by atoms with Crippen molar-refractivity contribution >= 4 is 0 Å². The van der Waals surface area contributed by atoms with Crippen molar-refractivity contribution in [1.29, 1.82) is 0 Å². The fourth-order valence-corrected chi connectivity index (χ4v) is 1.35. The Bertz CT molecular complexity index is 228. The lowest BCUT2D eigenvalue weighted by Crippen LogP contribution is -2.18. The molecule has 1 aliphatic carbocycles. The zero-order valence-electron chi connectivity index (χ0n) is 6.21. The Hall–Kier alpha value is -0.870. The van der Waals surface area contributed by atoms with Crippen molar-refractivity contribution < 1.29 is 4.84 Å². The van der Waals surface area contributed by atoms with Crippen LogP contribution in [0.25, 0.3) is 0 Å². The highest BCUT2D eigenvalue weighted by Gasteiger charge is 2.45. The number of hydrogen-bond acceptors (Lipinski definition) is 3. The first-order valence-corrected chi connectivity index (χ1v) is 3.69. The molecule has 0 saturated heterocycles. The number of H-pyrrole nitrogens is 1. The molecule has 1 aliphatic rings. The molecule has 4 heteroatoms. The maximum Gasteiger partial charge on any atom is 0.0790 e. The van der Waals surface area contributed by atoms with Gasteiger partial charge in [-0.05, 0) is 18.9 Å². The van der Waals surface area contributed by atoms with Gasteiger partial charge >= 0.3 is 0 Å². The Morgan fingerprint density at radius 1 is 1.73 bits per heavy atom. The highest BCUT2D eigenvalue weighted by Crippen LogP contribution is 2.46. The van der Waals surface area contributed by atoms with Crippen molar-refractivity contribution in [3.05, 3.63) is 18.0 Å². The summed E-state index contributed by atoms with van der Waals surface area (Å²) in [6, 6.07) is 1.98. The molecule has 0 radical (unpaired) electrons. The average molecular weight is 153 g/mol. The van der Waals surface area contributed by atoms with E-state index in [2.05, 4.69) is 15.0 Å². The summed E-state index contributed by atoms with van der Waals surface area (Å²) in [6.45, 7) is 0.592. The summed E-state index contributed by atoms with van der Waals surface area (Å²) in [5.41, 5.74) is 1.30. The van der Waals surface area contributed by atoms with E-state index in [1.165, 1.54) is 0 Å². The molecular weight excluding hydrogens is 142 g/mol. The molecule has 1 aromatic rings. The van der Waals surface area contributed by atoms with Gasteiger partial charge in [-0.25, -0.2) is 5.90 Å². The van der Waals surface area contributed by atoms with Crippen molar-refractivity contribution in [3.63, 3.8) is 0 Å². The van der Waals surface area contributed by atoms with Gasteiger partial charge in [0.2, 0.25) is 0 Å². The summed E-state index contributed by atoms with van der Waals surface area (Å²) in [6.07, 6.45) is 4.05. The SMILES string of the molecule is NOCC1(c2ccn[nH]2)CC1. The molecule has 11 heavy (non-hydrogen) atoms. The van der Waals surface area contributed by atoms with E-state index in [1.54, 1.807) is 6.20 Å². The van der Waals surface area contributed by atoms with Crippen LogP contribution in [0.5, 0.6) is 0 Å². The summed E-state index contributed by atoms with van der Waals surface area (Å²) in [4.78, 5) is 4.65. The van der Waals surface area contributed by atoms with Crippen LogP contribution in [0.1, 0.15) is 18.5 Å². The number of nitrogens with zero attached hydrogens (tertiary/aromatic N) is 1. The van der Waals surface area contributed by atoms with Gasteiger partial charge in [0.15, 0.2) is 0 Å². The molecule has 1 fully saturated rings. The molecule has 0 atom stereocenters. The molecule has 4 nitrogen and oxygen atoms in total. The summed E-state index contributed by atoms with van der Waals surface area (Å²) in [5.74, 6) is 5.03. The Morgan fingerprint density at radius 3 is 3.00 bits per heavy atom. The highest BCUT2D eigenvalue weighted by molar-refractivity contribution is 5.22. The molecule has 3 N–H and O–H groups in total. The normalized spacial score (nSPS) is 20.1. The van der Waals surface area contributed by atoms with Crippen molar-refractivity contribution in [2.45, 2.75) is 18.3 Å². The second-order valence-corrected chi connectivity index (χ2v) is 3.06. The first-order valence-electron chi connectivity index (χ1n) is 3.69. The molecular formula is C7H11N3O. The lowest BCUT2D eigenvalue weighted by molar-refractivity contribution is 0.115. The van der Waals surface area contributed by atoms with Crippen LogP contribution in [0.3, 0.4) is 0 Å². The second-order valence-electron chi connectivity index (χ2n) is 3.06. The van der Waals surface area contributed by atoms with Gasteiger partial charge in [0, 0.05) is 17.3 Å². The number of rotatable bonds is 3. The maximum absolute atomic E-state index is 5.03. The van der Waals surface area contributed by atoms with Gasteiger partial charge in [0.25, 0.3) is 0 Å². The van der Waals surface area contributed by atoms with Gasteiger partial charge in [-0.3, -0.25) is 5.10 Å².